The van der Waals surface area contributed by atoms with E-state index in [0.717, 1.165) is 43.8 Å². The number of halogens is 3. The van der Waals surface area contributed by atoms with E-state index in [1.807, 2.05) is 58.2 Å². The molecule has 6 aromatic rings. The van der Waals surface area contributed by atoms with Gasteiger partial charge in [-0.3, -0.25) is 0 Å². The number of rotatable bonds is 4. The highest BCUT2D eigenvalue weighted by molar-refractivity contribution is 14.1. The minimum Gasteiger partial charge on any atom is -0.302 e. The molecule has 0 aliphatic heterocycles. The molecule has 39 heavy (non-hydrogen) atoms. The van der Waals surface area contributed by atoms with Crippen molar-refractivity contribution >= 4 is 22.6 Å². The van der Waals surface area contributed by atoms with Crippen LogP contribution < -0.4 is 0 Å². The van der Waals surface area contributed by atoms with Gasteiger partial charge in [-0.15, -0.1) is 10.2 Å². The number of aromatic nitrogens is 6. The van der Waals surface area contributed by atoms with Crippen LogP contribution in [-0.2, 0) is 0 Å². The van der Waals surface area contributed by atoms with Gasteiger partial charge in [-0.25, -0.2) is 18.1 Å². The van der Waals surface area contributed by atoms with Gasteiger partial charge in [0.25, 0.3) is 0 Å². The van der Waals surface area contributed by atoms with E-state index < -0.39 is 0 Å². The highest BCUT2D eigenvalue weighted by Crippen LogP contribution is 2.21. The summed E-state index contributed by atoms with van der Waals surface area (Å²) in [7, 11) is 0. The number of benzene rings is 2. The van der Waals surface area contributed by atoms with E-state index in [9.17, 15) is 8.78 Å². The molecule has 4 aromatic heterocycles. The summed E-state index contributed by atoms with van der Waals surface area (Å²) in [6, 6.07) is 25.0. The van der Waals surface area contributed by atoms with Crippen LogP contribution in [0.3, 0.4) is 0 Å². The summed E-state index contributed by atoms with van der Waals surface area (Å²) in [6.45, 7) is 8.16. The number of hydrogen-bond acceptors (Lipinski definition) is 2. The molecule has 6 rings (SSSR count). The van der Waals surface area contributed by atoms with Gasteiger partial charge in [0.2, 0.25) is 0 Å². The fraction of sp³-hybridized carbons (Fsp3) is 0.133. The Morgan fingerprint density at radius 1 is 0.590 bits per heavy atom. The molecule has 0 saturated carbocycles. The molecular weight excluding hydrogens is 609 g/mol. The van der Waals surface area contributed by atoms with Crippen molar-refractivity contribution in [1.82, 2.24) is 28.7 Å². The Morgan fingerprint density at radius 2 is 1.10 bits per heavy atom. The fourth-order valence-corrected chi connectivity index (χ4v) is 5.17. The quantitative estimate of drug-likeness (QED) is 0.189. The van der Waals surface area contributed by atoms with Crippen molar-refractivity contribution in [3.05, 3.63) is 129 Å². The lowest BCUT2D eigenvalue weighted by molar-refractivity contribution is 0.624. The van der Waals surface area contributed by atoms with E-state index in [-0.39, 0.29) is 11.6 Å². The first-order chi connectivity index (χ1) is 18.7. The van der Waals surface area contributed by atoms with Gasteiger partial charge in [0.05, 0.1) is 11.4 Å². The van der Waals surface area contributed by atoms with E-state index in [1.54, 1.807) is 21.5 Å². The van der Waals surface area contributed by atoms with Gasteiger partial charge in [0, 0.05) is 41.1 Å². The lowest BCUT2D eigenvalue weighted by atomic mass is 10.3. The fourth-order valence-electron chi connectivity index (χ4n) is 4.50. The molecule has 9 heteroatoms. The normalized spacial score (nSPS) is 10.9. The largest absolute Gasteiger partial charge is 0.302 e. The molecule has 0 aliphatic carbocycles. The summed E-state index contributed by atoms with van der Waals surface area (Å²) in [5.41, 5.74) is 5.95. The maximum Gasteiger partial charge on any atom is 0.160 e. The van der Waals surface area contributed by atoms with Crippen LogP contribution in [0.4, 0.5) is 8.78 Å². The molecule has 0 bridgehead atoms. The van der Waals surface area contributed by atoms with Crippen LogP contribution in [-0.4, -0.2) is 28.7 Å². The van der Waals surface area contributed by atoms with E-state index >= 15 is 0 Å². The molecule has 6 nitrogen and oxygen atoms in total. The number of aryl methyl sites for hydroxylation is 4. The molecule has 4 heterocycles. The molecule has 0 unspecified atom stereocenters. The van der Waals surface area contributed by atoms with Crippen molar-refractivity contribution < 1.29 is 8.78 Å². The van der Waals surface area contributed by atoms with Crippen molar-refractivity contribution in [3.8, 4) is 23.0 Å². The lowest BCUT2D eigenvalue weighted by Gasteiger charge is -2.05. The van der Waals surface area contributed by atoms with E-state index in [4.69, 9.17) is 0 Å². The summed E-state index contributed by atoms with van der Waals surface area (Å²) < 4.78 is 35.1. The van der Waals surface area contributed by atoms with Crippen molar-refractivity contribution in [1.29, 1.82) is 0 Å². The van der Waals surface area contributed by atoms with Crippen molar-refractivity contribution in [2.75, 3.05) is 0 Å². The summed E-state index contributed by atoms with van der Waals surface area (Å²) in [6.07, 6.45) is 1.84. The average Bonchev–Trinajstić information content (AvgIpc) is 3.67. The standard InChI is InChI=1S/C15H13FIN3.C15H14FN3/c1-10-6-7-11(2)19(10)15-9-14(17)20(18-15)13-5-3-4-12(16)8-13;1-11-6-7-12(2)19(11)15-8-9-18(17-15)14-5-3-4-13(16)10-14/h3-9H,1-2H3;3-10H,1-2H3. The Labute approximate surface area is 239 Å². The molecule has 0 saturated heterocycles. The molecule has 0 fully saturated rings. The molecule has 0 amide bonds. The predicted octanol–water partition coefficient (Wildman–Crippen LogP) is 7.44. The van der Waals surface area contributed by atoms with Gasteiger partial charge in [0.15, 0.2) is 11.6 Å². The van der Waals surface area contributed by atoms with Gasteiger partial charge < -0.3 is 9.13 Å². The first-order valence-electron chi connectivity index (χ1n) is 12.3. The summed E-state index contributed by atoms with van der Waals surface area (Å²) >= 11 is 2.21. The van der Waals surface area contributed by atoms with Gasteiger partial charge in [-0.05, 0) is 111 Å². The molecular formula is C30H27F2IN6. The summed E-state index contributed by atoms with van der Waals surface area (Å²) in [5.74, 6) is 1.16. The van der Waals surface area contributed by atoms with Crippen LogP contribution in [0.2, 0.25) is 0 Å². The Hall–Kier alpha value is -3.99. The van der Waals surface area contributed by atoms with Gasteiger partial charge in [-0.1, -0.05) is 12.1 Å². The minimum absolute atomic E-state index is 0.260. The third-order valence-electron chi connectivity index (χ3n) is 6.35. The van der Waals surface area contributed by atoms with Crippen molar-refractivity contribution in [2.24, 2.45) is 0 Å². The average molecular weight is 636 g/mol. The Balaban J connectivity index is 0.000000158. The maximum atomic E-state index is 13.3. The van der Waals surface area contributed by atoms with Crippen LogP contribution >= 0.6 is 22.6 Å². The van der Waals surface area contributed by atoms with Gasteiger partial charge >= 0.3 is 0 Å². The Kier molecular flexibility index (Phi) is 7.51. The van der Waals surface area contributed by atoms with Crippen LogP contribution in [0.5, 0.6) is 0 Å². The second kappa shape index (κ2) is 11.0. The third-order valence-corrected chi connectivity index (χ3v) is 7.12. The minimum atomic E-state index is -0.261. The van der Waals surface area contributed by atoms with Crippen molar-refractivity contribution in [3.63, 3.8) is 0 Å². The van der Waals surface area contributed by atoms with Gasteiger partial charge in [0.1, 0.15) is 15.3 Å². The smallest absolute Gasteiger partial charge is 0.160 e. The highest BCUT2D eigenvalue weighted by Gasteiger charge is 2.12. The van der Waals surface area contributed by atoms with E-state index in [0.29, 0.717) is 5.69 Å². The predicted molar refractivity (Wildman–Crippen MR) is 157 cm³/mol. The van der Waals surface area contributed by atoms with Crippen LogP contribution in [0.1, 0.15) is 22.8 Å². The first-order valence-corrected chi connectivity index (χ1v) is 13.4. The van der Waals surface area contributed by atoms with E-state index in [2.05, 4.69) is 66.2 Å². The molecule has 0 spiro atoms. The number of hydrogen-bond donors (Lipinski definition) is 0. The molecule has 0 radical (unpaired) electrons. The zero-order chi connectivity index (χ0) is 27.7. The topological polar surface area (TPSA) is 45.5 Å². The van der Waals surface area contributed by atoms with E-state index in [1.165, 1.54) is 24.3 Å². The first kappa shape index (κ1) is 26.6. The third kappa shape index (κ3) is 5.58. The van der Waals surface area contributed by atoms with Gasteiger partial charge in [-0.2, -0.15) is 0 Å². The van der Waals surface area contributed by atoms with Crippen LogP contribution in [0.15, 0.2) is 91.1 Å². The highest BCUT2D eigenvalue weighted by atomic mass is 127. The SMILES string of the molecule is Cc1ccc(C)n1-c1cc(I)n(-c2cccc(F)c2)n1.Cc1ccc(C)n1-c1ccn(-c2cccc(F)c2)n1. The van der Waals surface area contributed by atoms with Crippen LogP contribution in [0.25, 0.3) is 23.0 Å². The molecule has 0 aliphatic rings. The summed E-state index contributed by atoms with van der Waals surface area (Å²) in [4.78, 5) is 0. The Bertz CT molecular complexity index is 1720. The number of nitrogens with zero attached hydrogens (tertiary/aromatic N) is 6. The second-order valence-corrected chi connectivity index (χ2v) is 10.3. The molecule has 0 N–H and O–H groups in total. The second-order valence-electron chi connectivity index (χ2n) is 9.22. The Morgan fingerprint density at radius 3 is 1.67 bits per heavy atom. The van der Waals surface area contributed by atoms with Crippen LogP contribution in [0, 0.1) is 43.0 Å². The monoisotopic (exact) mass is 636 g/mol. The van der Waals surface area contributed by atoms with Crippen molar-refractivity contribution in [2.45, 2.75) is 27.7 Å². The maximum absolute atomic E-state index is 13.3. The zero-order valence-electron chi connectivity index (χ0n) is 22.0. The molecule has 2 aromatic carbocycles. The summed E-state index contributed by atoms with van der Waals surface area (Å²) in [5, 5.41) is 9.09. The lowest BCUT2D eigenvalue weighted by Crippen LogP contribution is -2.03. The molecule has 198 valence electrons. The zero-order valence-corrected chi connectivity index (χ0v) is 24.1. The molecule has 0 atom stereocenters.